The van der Waals surface area contributed by atoms with Crippen LogP contribution in [0, 0.1) is 6.92 Å². The van der Waals surface area contributed by atoms with E-state index in [1.807, 2.05) is 19.1 Å². The van der Waals surface area contributed by atoms with Crippen molar-refractivity contribution in [1.29, 1.82) is 0 Å². The largest absolute Gasteiger partial charge is 0.493 e. The van der Waals surface area contributed by atoms with Gasteiger partial charge >= 0.3 is 0 Å². The van der Waals surface area contributed by atoms with Crippen LogP contribution in [-0.4, -0.2) is 6.61 Å². The van der Waals surface area contributed by atoms with E-state index in [0.29, 0.717) is 0 Å². The first-order valence-electron chi connectivity index (χ1n) is 5.80. The number of ether oxygens (including phenoxy) is 1. The van der Waals surface area contributed by atoms with Crippen LogP contribution in [-0.2, 0) is 6.42 Å². The SMILES string of the molecule is Cc1ccc(C(Br)c2cc(Br)cc3c2OCC3)o1. The molecule has 1 aromatic carbocycles. The van der Waals surface area contributed by atoms with Gasteiger partial charge < -0.3 is 9.15 Å². The van der Waals surface area contributed by atoms with Gasteiger partial charge in [0.05, 0.1) is 6.61 Å². The molecule has 94 valence electrons. The number of rotatable bonds is 2. The number of benzene rings is 1. The van der Waals surface area contributed by atoms with Gasteiger partial charge in [-0.05, 0) is 36.8 Å². The lowest BCUT2D eigenvalue weighted by Gasteiger charge is -2.13. The van der Waals surface area contributed by atoms with Gasteiger partial charge in [-0.1, -0.05) is 31.9 Å². The molecule has 2 heterocycles. The summed E-state index contributed by atoms with van der Waals surface area (Å²) in [4.78, 5) is 0.0237. The molecule has 2 nitrogen and oxygen atoms in total. The maximum Gasteiger partial charge on any atom is 0.127 e. The number of hydrogen-bond acceptors (Lipinski definition) is 2. The van der Waals surface area contributed by atoms with Crippen molar-refractivity contribution in [2.45, 2.75) is 18.2 Å². The average Bonchev–Trinajstić information content (AvgIpc) is 2.95. The van der Waals surface area contributed by atoms with Gasteiger partial charge in [-0.3, -0.25) is 0 Å². The van der Waals surface area contributed by atoms with Crippen LogP contribution in [0.1, 0.15) is 27.5 Å². The van der Waals surface area contributed by atoms with E-state index in [1.54, 1.807) is 0 Å². The summed E-state index contributed by atoms with van der Waals surface area (Å²) < 4.78 is 12.5. The van der Waals surface area contributed by atoms with Crippen LogP contribution >= 0.6 is 31.9 Å². The second kappa shape index (κ2) is 4.74. The molecule has 0 fully saturated rings. The molecule has 0 radical (unpaired) electrons. The Bertz CT molecular complexity index is 589. The Labute approximate surface area is 123 Å². The number of hydrogen-bond donors (Lipinski definition) is 0. The zero-order chi connectivity index (χ0) is 12.7. The van der Waals surface area contributed by atoms with Crippen molar-refractivity contribution in [3.8, 4) is 5.75 Å². The molecule has 1 aliphatic rings. The standard InChI is InChI=1S/C14H12Br2O2/c1-8-2-3-12(18-8)13(16)11-7-10(15)6-9-4-5-17-14(9)11/h2-3,6-7,13H,4-5H2,1H3. The predicted octanol–water partition coefficient (Wildman–Crippen LogP) is 4.77. The quantitative estimate of drug-likeness (QED) is 0.709. The summed E-state index contributed by atoms with van der Waals surface area (Å²) in [5.41, 5.74) is 2.37. The van der Waals surface area contributed by atoms with E-state index < -0.39 is 0 Å². The average molecular weight is 372 g/mol. The summed E-state index contributed by atoms with van der Waals surface area (Å²) in [7, 11) is 0. The first-order valence-corrected chi connectivity index (χ1v) is 7.51. The van der Waals surface area contributed by atoms with Crippen molar-refractivity contribution >= 4 is 31.9 Å². The van der Waals surface area contributed by atoms with E-state index in [1.165, 1.54) is 5.56 Å². The third kappa shape index (κ3) is 2.12. The molecule has 3 rings (SSSR count). The first-order chi connectivity index (χ1) is 8.65. The minimum Gasteiger partial charge on any atom is -0.493 e. The predicted molar refractivity (Wildman–Crippen MR) is 77.6 cm³/mol. The highest BCUT2D eigenvalue weighted by atomic mass is 79.9. The van der Waals surface area contributed by atoms with Crippen molar-refractivity contribution in [2.75, 3.05) is 6.61 Å². The third-order valence-electron chi connectivity index (χ3n) is 3.06. The van der Waals surface area contributed by atoms with Crippen LogP contribution in [0.15, 0.2) is 33.2 Å². The Morgan fingerprint density at radius 1 is 1.28 bits per heavy atom. The van der Waals surface area contributed by atoms with Crippen molar-refractivity contribution in [1.82, 2.24) is 0 Å². The molecule has 0 bridgehead atoms. The van der Waals surface area contributed by atoms with Gasteiger partial charge in [0.25, 0.3) is 0 Å². The highest BCUT2D eigenvalue weighted by molar-refractivity contribution is 9.10. The van der Waals surface area contributed by atoms with Crippen LogP contribution in [0.5, 0.6) is 5.75 Å². The molecule has 2 aromatic rings. The van der Waals surface area contributed by atoms with Gasteiger partial charge in [0.15, 0.2) is 0 Å². The Kier molecular flexibility index (Phi) is 3.24. The van der Waals surface area contributed by atoms with E-state index in [0.717, 1.165) is 40.3 Å². The zero-order valence-corrected chi connectivity index (χ0v) is 13.0. The smallest absolute Gasteiger partial charge is 0.127 e. The van der Waals surface area contributed by atoms with Gasteiger partial charge in [-0.2, -0.15) is 0 Å². The number of halogens is 2. The number of alkyl halides is 1. The van der Waals surface area contributed by atoms with Crippen LogP contribution in [0.25, 0.3) is 0 Å². The topological polar surface area (TPSA) is 22.4 Å². The van der Waals surface area contributed by atoms with Gasteiger partial charge in [-0.15, -0.1) is 0 Å². The maximum absolute atomic E-state index is 5.74. The minimum atomic E-state index is 0.0237. The molecule has 0 saturated carbocycles. The van der Waals surface area contributed by atoms with E-state index in [9.17, 15) is 0 Å². The number of fused-ring (bicyclic) bond motifs is 1. The molecule has 0 spiro atoms. The van der Waals surface area contributed by atoms with Crippen molar-refractivity contribution in [3.63, 3.8) is 0 Å². The monoisotopic (exact) mass is 370 g/mol. The zero-order valence-electron chi connectivity index (χ0n) is 9.87. The lowest BCUT2D eigenvalue weighted by atomic mass is 10.0. The highest BCUT2D eigenvalue weighted by Gasteiger charge is 2.24. The summed E-state index contributed by atoms with van der Waals surface area (Å²) >= 11 is 7.26. The highest BCUT2D eigenvalue weighted by Crippen LogP contribution is 2.42. The van der Waals surface area contributed by atoms with Crippen molar-refractivity contribution in [3.05, 3.63) is 51.4 Å². The lowest BCUT2D eigenvalue weighted by molar-refractivity contribution is 0.353. The molecular weight excluding hydrogens is 360 g/mol. The maximum atomic E-state index is 5.74. The van der Waals surface area contributed by atoms with Gasteiger partial charge in [0, 0.05) is 16.5 Å². The van der Waals surface area contributed by atoms with Gasteiger partial charge in [-0.25, -0.2) is 0 Å². The summed E-state index contributed by atoms with van der Waals surface area (Å²) in [6.07, 6.45) is 0.971. The molecule has 18 heavy (non-hydrogen) atoms. The Hall–Kier alpha value is -0.740. The molecule has 0 amide bonds. The molecule has 1 aromatic heterocycles. The molecule has 4 heteroatoms. The van der Waals surface area contributed by atoms with E-state index in [4.69, 9.17) is 9.15 Å². The van der Waals surface area contributed by atoms with Gasteiger partial charge in [0.1, 0.15) is 22.1 Å². The summed E-state index contributed by atoms with van der Waals surface area (Å²) in [5.74, 6) is 2.82. The molecule has 0 aliphatic carbocycles. The fourth-order valence-electron chi connectivity index (χ4n) is 2.23. The summed E-state index contributed by atoms with van der Waals surface area (Å²) in [6, 6.07) is 8.18. The lowest BCUT2D eigenvalue weighted by Crippen LogP contribution is -1.96. The van der Waals surface area contributed by atoms with E-state index in [-0.39, 0.29) is 4.83 Å². The van der Waals surface area contributed by atoms with Crippen LogP contribution < -0.4 is 4.74 Å². The van der Waals surface area contributed by atoms with Crippen molar-refractivity contribution in [2.24, 2.45) is 0 Å². The Morgan fingerprint density at radius 2 is 2.11 bits per heavy atom. The third-order valence-corrected chi connectivity index (χ3v) is 4.46. The number of aryl methyl sites for hydroxylation is 1. The fourth-order valence-corrected chi connectivity index (χ4v) is 3.34. The fraction of sp³-hybridized carbons (Fsp3) is 0.286. The van der Waals surface area contributed by atoms with Crippen LogP contribution in [0.3, 0.4) is 0 Å². The van der Waals surface area contributed by atoms with Crippen LogP contribution in [0.2, 0.25) is 0 Å². The molecular formula is C14H12Br2O2. The molecule has 1 unspecified atom stereocenters. The van der Waals surface area contributed by atoms with E-state index >= 15 is 0 Å². The number of furan rings is 1. The van der Waals surface area contributed by atoms with Crippen molar-refractivity contribution < 1.29 is 9.15 Å². The molecule has 1 aliphatic heterocycles. The minimum absolute atomic E-state index is 0.0237. The van der Waals surface area contributed by atoms with E-state index in [2.05, 4.69) is 44.0 Å². The molecule has 0 saturated heterocycles. The normalized spacial score (nSPS) is 15.3. The second-order valence-electron chi connectivity index (χ2n) is 4.39. The summed E-state index contributed by atoms with van der Waals surface area (Å²) in [6.45, 7) is 2.71. The first kappa shape index (κ1) is 12.3. The molecule has 0 N–H and O–H groups in total. The Morgan fingerprint density at radius 3 is 2.83 bits per heavy atom. The summed E-state index contributed by atoms with van der Waals surface area (Å²) in [5, 5.41) is 0. The second-order valence-corrected chi connectivity index (χ2v) is 6.22. The molecule has 1 atom stereocenters. The van der Waals surface area contributed by atoms with Crippen LogP contribution in [0.4, 0.5) is 0 Å². The van der Waals surface area contributed by atoms with Gasteiger partial charge in [0.2, 0.25) is 0 Å². The Balaban J connectivity index is 2.06.